The molecular weight excluding hydrogens is 332 g/mol. The molecule has 1 N–H and O–H groups in total. The Morgan fingerprint density at radius 2 is 1.74 bits per heavy atom. The van der Waals surface area contributed by atoms with Crippen LogP contribution < -0.4 is 4.72 Å². The maximum absolute atomic E-state index is 12.3. The SMILES string of the molecule is Cc1nc(-c2ccc(NS(=O)(=O)c3ccc(C)s3)cc2)c(C)o1. The van der Waals surface area contributed by atoms with Crippen LogP contribution in [0.5, 0.6) is 0 Å². The second kappa shape index (κ2) is 5.82. The minimum Gasteiger partial charge on any atom is -0.446 e. The van der Waals surface area contributed by atoms with Crippen molar-refractivity contribution in [2.75, 3.05) is 4.72 Å². The van der Waals surface area contributed by atoms with Crippen molar-refractivity contribution in [3.63, 3.8) is 0 Å². The molecule has 0 aliphatic carbocycles. The molecule has 0 bridgehead atoms. The standard InChI is InChI=1S/C16H16N2O3S2/c1-10-4-9-15(22-10)23(19,20)18-14-7-5-13(6-8-14)16-11(2)21-12(3)17-16/h4-9,18H,1-3H3. The first-order valence-corrected chi connectivity index (χ1v) is 9.29. The van der Waals surface area contributed by atoms with Gasteiger partial charge in [-0.05, 0) is 38.1 Å². The smallest absolute Gasteiger partial charge is 0.271 e. The lowest BCUT2D eigenvalue weighted by Gasteiger charge is -2.07. The Hall–Kier alpha value is -2.12. The van der Waals surface area contributed by atoms with E-state index in [9.17, 15) is 8.42 Å². The van der Waals surface area contributed by atoms with Gasteiger partial charge >= 0.3 is 0 Å². The van der Waals surface area contributed by atoms with Crippen LogP contribution in [0.4, 0.5) is 5.69 Å². The zero-order chi connectivity index (χ0) is 16.6. The minimum absolute atomic E-state index is 0.307. The molecule has 120 valence electrons. The van der Waals surface area contributed by atoms with Crippen molar-refractivity contribution in [2.45, 2.75) is 25.0 Å². The molecule has 23 heavy (non-hydrogen) atoms. The van der Waals surface area contributed by atoms with Crippen LogP contribution in [0, 0.1) is 20.8 Å². The fourth-order valence-electron chi connectivity index (χ4n) is 2.25. The second-order valence-electron chi connectivity index (χ2n) is 5.19. The van der Waals surface area contributed by atoms with Crippen molar-refractivity contribution in [3.8, 4) is 11.3 Å². The largest absolute Gasteiger partial charge is 0.446 e. The van der Waals surface area contributed by atoms with Gasteiger partial charge in [0, 0.05) is 23.1 Å². The predicted molar refractivity (Wildman–Crippen MR) is 91.3 cm³/mol. The lowest BCUT2D eigenvalue weighted by Crippen LogP contribution is -2.11. The molecule has 0 aliphatic rings. The normalized spacial score (nSPS) is 11.6. The van der Waals surface area contributed by atoms with E-state index in [4.69, 9.17) is 4.42 Å². The van der Waals surface area contributed by atoms with Crippen LogP contribution in [0.1, 0.15) is 16.5 Å². The summed E-state index contributed by atoms with van der Waals surface area (Å²) in [5.74, 6) is 1.35. The van der Waals surface area contributed by atoms with Gasteiger partial charge in [-0.1, -0.05) is 12.1 Å². The fourth-order valence-corrected chi connectivity index (χ4v) is 4.60. The maximum atomic E-state index is 12.3. The fraction of sp³-hybridized carbons (Fsp3) is 0.188. The van der Waals surface area contributed by atoms with Gasteiger partial charge in [0.25, 0.3) is 10.0 Å². The second-order valence-corrected chi connectivity index (χ2v) is 8.38. The zero-order valence-corrected chi connectivity index (χ0v) is 14.6. The minimum atomic E-state index is -3.54. The summed E-state index contributed by atoms with van der Waals surface area (Å²) in [6, 6.07) is 10.5. The molecular formula is C16H16N2O3S2. The molecule has 0 radical (unpaired) electrons. The lowest BCUT2D eigenvalue weighted by molar-refractivity contribution is 0.495. The van der Waals surface area contributed by atoms with Gasteiger partial charge < -0.3 is 4.42 Å². The summed E-state index contributed by atoms with van der Waals surface area (Å²) < 4.78 is 32.9. The van der Waals surface area contributed by atoms with Crippen LogP contribution in [0.25, 0.3) is 11.3 Å². The van der Waals surface area contributed by atoms with Crippen LogP contribution in [-0.4, -0.2) is 13.4 Å². The number of nitrogens with zero attached hydrogens (tertiary/aromatic N) is 1. The first-order valence-electron chi connectivity index (χ1n) is 6.99. The quantitative estimate of drug-likeness (QED) is 0.769. The molecule has 0 amide bonds. The van der Waals surface area contributed by atoms with E-state index in [2.05, 4.69) is 9.71 Å². The molecule has 0 saturated carbocycles. The molecule has 2 heterocycles. The maximum Gasteiger partial charge on any atom is 0.271 e. The first-order chi connectivity index (χ1) is 10.8. The summed E-state index contributed by atoms with van der Waals surface area (Å²) in [5.41, 5.74) is 2.16. The predicted octanol–water partition coefficient (Wildman–Crippen LogP) is 4.13. The highest BCUT2D eigenvalue weighted by molar-refractivity contribution is 7.94. The Balaban J connectivity index is 1.84. The van der Waals surface area contributed by atoms with Gasteiger partial charge in [-0.2, -0.15) is 0 Å². The van der Waals surface area contributed by atoms with E-state index in [0.29, 0.717) is 15.8 Å². The van der Waals surface area contributed by atoms with Gasteiger partial charge in [-0.15, -0.1) is 11.3 Å². The van der Waals surface area contributed by atoms with Gasteiger partial charge in [-0.25, -0.2) is 13.4 Å². The molecule has 0 fully saturated rings. The first kappa shape index (κ1) is 15.8. The van der Waals surface area contributed by atoms with Gasteiger partial charge in [0.1, 0.15) is 15.7 Å². The third-order valence-electron chi connectivity index (χ3n) is 3.29. The van der Waals surface area contributed by atoms with Crippen molar-refractivity contribution >= 4 is 27.0 Å². The van der Waals surface area contributed by atoms with Crippen molar-refractivity contribution in [2.24, 2.45) is 0 Å². The summed E-state index contributed by atoms with van der Waals surface area (Å²) in [5, 5.41) is 0. The average molecular weight is 348 g/mol. The molecule has 3 rings (SSSR count). The molecule has 0 atom stereocenters. The lowest BCUT2D eigenvalue weighted by atomic mass is 10.1. The van der Waals surface area contributed by atoms with Crippen LogP contribution >= 0.6 is 11.3 Å². The highest BCUT2D eigenvalue weighted by atomic mass is 32.2. The van der Waals surface area contributed by atoms with Crippen LogP contribution in [0.15, 0.2) is 45.0 Å². The number of anilines is 1. The highest BCUT2D eigenvalue weighted by Gasteiger charge is 2.16. The Bertz CT molecular complexity index is 938. The summed E-state index contributed by atoms with van der Waals surface area (Å²) in [4.78, 5) is 5.29. The van der Waals surface area contributed by atoms with Gasteiger partial charge in [0.05, 0.1) is 0 Å². The summed E-state index contributed by atoms with van der Waals surface area (Å²) in [6.45, 7) is 5.52. The molecule has 5 nitrogen and oxygen atoms in total. The van der Waals surface area contributed by atoms with E-state index >= 15 is 0 Å². The zero-order valence-electron chi connectivity index (χ0n) is 13.0. The monoisotopic (exact) mass is 348 g/mol. The van der Waals surface area contributed by atoms with Crippen molar-refractivity contribution in [1.82, 2.24) is 4.98 Å². The Morgan fingerprint density at radius 1 is 1.04 bits per heavy atom. The van der Waals surface area contributed by atoms with E-state index < -0.39 is 10.0 Å². The van der Waals surface area contributed by atoms with Crippen LogP contribution in [0.2, 0.25) is 0 Å². The number of thiophene rings is 1. The third kappa shape index (κ3) is 3.30. The molecule has 0 spiro atoms. The van der Waals surface area contributed by atoms with E-state index in [0.717, 1.165) is 21.9 Å². The Kier molecular flexibility index (Phi) is 3.99. The number of aromatic nitrogens is 1. The molecule has 0 aliphatic heterocycles. The molecule has 7 heteroatoms. The Labute approximate surface area is 139 Å². The van der Waals surface area contributed by atoms with Gasteiger partial charge in [0.2, 0.25) is 0 Å². The Morgan fingerprint density at radius 3 is 2.26 bits per heavy atom. The van der Waals surface area contributed by atoms with E-state index in [1.54, 1.807) is 31.2 Å². The molecule has 0 saturated heterocycles. The molecule has 1 aromatic carbocycles. The summed E-state index contributed by atoms with van der Waals surface area (Å²) in [6.07, 6.45) is 0. The van der Waals surface area contributed by atoms with Gasteiger partial charge in [-0.3, -0.25) is 4.72 Å². The number of rotatable bonds is 4. The number of nitrogens with one attached hydrogen (secondary N) is 1. The molecule has 0 unspecified atom stereocenters. The topological polar surface area (TPSA) is 72.2 Å². The average Bonchev–Trinajstić information content (AvgIpc) is 3.06. The van der Waals surface area contributed by atoms with Crippen molar-refractivity contribution in [1.29, 1.82) is 0 Å². The number of hydrogen-bond acceptors (Lipinski definition) is 5. The van der Waals surface area contributed by atoms with Crippen LogP contribution in [-0.2, 0) is 10.0 Å². The molecule has 2 aromatic heterocycles. The number of sulfonamides is 1. The molecule has 3 aromatic rings. The highest BCUT2D eigenvalue weighted by Crippen LogP contribution is 2.27. The van der Waals surface area contributed by atoms with E-state index in [1.165, 1.54) is 11.3 Å². The van der Waals surface area contributed by atoms with Crippen LogP contribution in [0.3, 0.4) is 0 Å². The number of hydrogen-bond donors (Lipinski definition) is 1. The third-order valence-corrected chi connectivity index (χ3v) is 6.17. The number of aryl methyl sites for hydroxylation is 3. The van der Waals surface area contributed by atoms with Crippen molar-refractivity contribution < 1.29 is 12.8 Å². The van der Waals surface area contributed by atoms with Gasteiger partial charge in [0.15, 0.2) is 5.89 Å². The summed E-state index contributed by atoms with van der Waals surface area (Å²) >= 11 is 1.25. The van der Waals surface area contributed by atoms with E-state index in [1.807, 2.05) is 26.0 Å². The number of oxazole rings is 1. The number of benzene rings is 1. The van der Waals surface area contributed by atoms with E-state index in [-0.39, 0.29) is 0 Å². The van der Waals surface area contributed by atoms with Crippen molar-refractivity contribution in [3.05, 3.63) is 52.9 Å². The summed E-state index contributed by atoms with van der Waals surface area (Å²) in [7, 11) is -3.54.